The molecule has 1 saturated carbocycles. The van der Waals surface area contributed by atoms with Crippen molar-refractivity contribution >= 4 is 31.9 Å². The molecule has 0 saturated heterocycles. The third kappa shape index (κ3) is 3.06. The van der Waals surface area contributed by atoms with E-state index in [1.54, 1.807) is 14.2 Å². The molecule has 0 amide bonds. The van der Waals surface area contributed by atoms with Crippen molar-refractivity contribution in [1.29, 1.82) is 0 Å². The highest BCUT2D eigenvalue weighted by Gasteiger charge is 2.48. The highest BCUT2D eigenvalue weighted by atomic mass is 79.9. The Labute approximate surface area is 137 Å². The standard InChI is InChI=1S/C15H21Br2NO2/c1-15(2)12(7-13(15)19-3)18-8-9-5-10(16)14(20-4)11(17)6-9/h5-6,12-13,18H,7-8H2,1-4H3. The Bertz CT molecular complexity index is 468. The SMILES string of the molecule is COc1c(Br)cc(CNC2CC(OC)C2(C)C)cc1Br. The Morgan fingerprint density at radius 2 is 1.85 bits per heavy atom. The van der Waals surface area contributed by atoms with Crippen molar-refractivity contribution in [3.05, 3.63) is 26.6 Å². The molecule has 1 aliphatic carbocycles. The van der Waals surface area contributed by atoms with E-state index in [1.807, 2.05) is 0 Å². The molecule has 2 rings (SSSR count). The van der Waals surface area contributed by atoms with Crippen molar-refractivity contribution in [3.8, 4) is 5.75 Å². The van der Waals surface area contributed by atoms with E-state index in [4.69, 9.17) is 9.47 Å². The molecule has 0 heterocycles. The van der Waals surface area contributed by atoms with Crippen LogP contribution in [0.3, 0.4) is 0 Å². The number of hydrogen-bond acceptors (Lipinski definition) is 3. The minimum Gasteiger partial charge on any atom is -0.494 e. The maximum absolute atomic E-state index is 5.48. The second-order valence-corrected chi connectivity index (χ2v) is 7.52. The molecule has 2 unspecified atom stereocenters. The summed E-state index contributed by atoms with van der Waals surface area (Å²) in [6.45, 7) is 5.34. The zero-order valence-corrected chi connectivity index (χ0v) is 15.5. The van der Waals surface area contributed by atoms with Gasteiger partial charge in [-0.25, -0.2) is 0 Å². The predicted octanol–water partition coefficient (Wildman–Crippen LogP) is 4.12. The van der Waals surface area contributed by atoms with Gasteiger partial charge in [0.2, 0.25) is 0 Å². The molecule has 3 nitrogen and oxygen atoms in total. The van der Waals surface area contributed by atoms with Crippen LogP contribution in [-0.2, 0) is 11.3 Å². The van der Waals surface area contributed by atoms with Gasteiger partial charge in [0.05, 0.1) is 22.2 Å². The van der Waals surface area contributed by atoms with Crippen LogP contribution in [0.2, 0.25) is 0 Å². The third-order valence-electron chi connectivity index (χ3n) is 4.28. The molecular formula is C15H21Br2NO2. The fraction of sp³-hybridized carbons (Fsp3) is 0.600. The topological polar surface area (TPSA) is 30.5 Å². The normalized spacial score (nSPS) is 24.3. The summed E-state index contributed by atoms with van der Waals surface area (Å²) in [5.74, 6) is 0.831. The average Bonchev–Trinajstić information content (AvgIpc) is 2.37. The summed E-state index contributed by atoms with van der Waals surface area (Å²) in [7, 11) is 3.46. The number of benzene rings is 1. The van der Waals surface area contributed by atoms with Gasteiger partial charge in [0.15, 0.2) is 0 Å². The summed E-state index contributed by atoms with van der Waals surface area (Å²) in [6.07, 6.45) is 1.43. The van der Waals surface area contributed by atoms with E-state index in [-0.39, 0.29) is 5.41 Å². The minimum absolute atomic E-state index is 0.190. The minimum atomic E-state index is 0.190. The summed E-state index contributed by atoms with van der Waals surface area (Å²) in [5, 5.41) is 3.62. The zero-order chi connectivity index (χ0) is 14.9. The largest absolute Gasteiger partial charge is 0.494 e. The van der Waals surface area contributed by atoms with Crippen LogP contribution in [0.1, 0.15) is 25.8 Å². The van der Waals surface area contributed by atoms with Gasteiger partial charge in [-0.3, -0.25) is 0 Å². The molecular weight excluding hydrogens is 386 g/mol. The number of rotatable bonds is 5. The van der Waals surface area contributed by atoms with Gasteiger partial charge in [-0.15, -0.1) is 0 Å². The van der Waals surface area contributed by atoms with Crippen LogP contribution in [0.5, 0.6) is 5.75 Å². The molecule has 112 valence electrons. The second-order valence-electron chi connectivity index (χ2n) is 5.81. The highest BCUT2D eigenvalue weighted by Crippen LogP contribution is 2.42. The average molecular weight is 407 g/mol. The number of halogens is 2. The lowest BCUT2D eigenvalue weighted by atomic mass is 9.64. The Balaban J connectivity index is 1.99. The van der Waals surface area contributed by atoms with Crippen LogP contribution in [0.25, 0.3) is 0 Å². The molecule has 0 aromatic heterocycles. The lowest BCUT2D eigenvalue weighted by Crippen LogP contribution is -2.60. The van der Waals surface area contributed by atoms with Crippen LogP contribution in [0.4, 0.5) is 0 Å². The van der Waals surface area contributed by atoms with Gasteiger partial charge >= 0.3 is 0 Å². The van der Waals surface area contributed by atoms with Gasteiger partial charge < -0.3 is 14.8 Å². The van der Waals surface area contributed by atoms with Crippen molar-refractivity contribution in [3.63, 3.8) is 0 Å². The van der Waals surface area contributed by atoms with Gasteiger partial charge in [0.25, 0.3) is 0 Å². The van der Waals surface area contributed by atoms with Crippen molar-refractivity contribution in [2.24, 2.45) is 5.41 Å². The van der Waals surface area contributed by atoms with Crippen molar-refractivity contribution < 1.29 is 9.47 Å². The zero-order valence-electron chi connectivity index (χ0n) is 12.3. The van der Waals surface area contributed by atoms with Crippen molar-refractivity contribution in [1.82, 2.24) is 5.32 Å². The van der Waals surface area contributed by atoms with E-state index < -0.39 is 0 Å². The van der Waals surface area contributed by atoms with Crippen LogP contribution in [0.15, 0.2) is 21.1 Å². The number of ether oxygens (including phenoxy) is 2. The third-order valence-corrected chi connectivity index (χ3v) is 5.46. The first-order valence-corrected chi connectivity index (χ1v) is 8.26. The highest BCUT2D eigenvalue weighted by molar-refractivity contribution is 9.11. The summed E-state index contributed by atoms with van der Waals surface area (Å²) in [6, 6.07) is 4.68. The summed E-state index contributed by atoms with van der Waals surface area (Å²) in [5.41, 5.74) is 1.41. The molecule has 0 radical (unpaired) electrons. The van der Waals surface area contributed by atoms with Crippen LogP contribution in [0, 0.1) is 5.41 Å². The molecule has 1 fully saturated rings. The molecule has 1 N–H and O–H groups in total. The first-order chi connectivity index (χ1) is 9.40. The molecule has 1 aliphatic rings. The maximum atomic E-state index is 5.48. The molecule has 0 spiro atoms. The molecule has 0 bridgehead atoms. The van der Waals surface area contributed by atoms with Crippen molar-refractivity contribution in [2.75, 3.05) is 14.2 Å². The lowest BCUT2D eigenvalue weighted by molar-refractivity contribution is -0.0979. The first-order valence-electron chi connectivity index (χ1n) is 6.68. The molecule has 20 heavy (non-hydrogen) atoms. The maximum Gasteiger partial charge on any atom is 0.147 e. The fourth-order valence-corrected chi connectivity index (χ4v) is 4.39. The smallest absolute Gasteiger partial charge is 0.147 e. The van der Waals surface area contributed by atoms with E-state index >= 15 is 0 Å². The summed E-state index contributed by atoms with van der Waals surface area (Å²) < 4.78 is 12.7. The monoisotopic (exact) mass is 405 g/mol. The quantitative estimate of drug-likeness (QED) is 0.797. The summed E-state index contributed by atoms with van der Waals surface area (Å²) in [4.78, 5) is 0. The Hall–Kier alpha value is -0.100. The number of methoxy groups -OCH3 is 2. The van der Waals surface area contributed by atoms with Crippen LogP contribution >= 0.6 is 31.9 Å². The van der Waals surface area contributed by atoms with E-state index in [1.165, 1.54) is 5.56 Å². The van der Waals surface area contributed by atoms with Gasteiger partial charge in [-0.05, 0) is 56.0 Å². The Morgan fingerprint density at radius 1 is 1.25 bits per heavy atom. The summed E-state index contributed by atoms with van der Waals surface area (Å²) >= 11 is 7.07. The Kier molecular flexibility index (Phi) is 5.16. The van der Waals surface area contributed by atoms with Crippen LogP contribution in [-0.4, -0.2) is 26.4 Å². The predicted molar refractivity (Wildman–Crippen MR) is 88.2 cm³/mol. The van der Waals surface area contributed by atoms with E-state index in [0.29, 0.717) is 12.1 Å². The van der Waals surface area contributed by atoms with Gasteiger partial charge in [0, 0.05) is 25.1 Å². The van der Waals surface area contributed by atoms with E-state index in [0.717, 1.165) is 27.7 Å². The first kappa shape index (κ1) is 16.3. The second kappa shape index (κ2) is 6.34. The lowest BCUT2D eigenvalue weighted by Gasteiger charge is -2.51. The molecule has 0 aliphatic heterocycles. The number of nitrogens with one attached hydrogen (secondary N) is 1. The molecule has 1 aromatic rings. The van der Waals surface area contributed by atoms with Crippen molar-refractivity contribution in [2.45, 2.75) is 39.0 Å². The Morgan fingerprint density at radius 3 is 2.30 bits per heavy atom. The fourth-order valence-electron chi connectivity index (χ4n) is 2.78. The van der Waals surface area contributed by atoms with E-state index in [9.17, 15) is 0 Å². The van der Waals surface area contributed by atoms with Crippen LogP contribution < -0.4 is 10.1 Å². The van der Waals surface area contributed by atoms with Gasteiger partial charge in [0.1, 0.15) is 5.75 Å². The van der Waals surface area contributed by atoms with Gasteiger partial charge in [-0.1, -0.05) is 13.8 Å². The molecule has 5 heteroatoms. The van der Waals surface area contributed by atoms with Gasteiger partial charge in [-0.2, -0.15) is 0 Å². The van der Waals surface area contributed by atoms with E-state index in [2.05, 4.69) is 63.2 Å². The number of hydrogen-bond donors (Lipinski definition) is 1. The molecule has 1 aromatic carbocycles. The molecule has 2 atom stereocenters.